The van der Waals surface area contributed by atoms with Crippen LogP contribution in [-0.2, 0) is 6.42 Å². The van der Waals surface area contributed by atoms with Crippen molar-refractivity contribution in [3.8, 4) is 6.07 Å². The average Bonchev–Trinajstić information content (AvgIpc) is 2.96. The number of ketones is 1. The van der Waals surface area contributed by atoms with Crippen molar-refractivity contribution >= 4 is 11.5 Å². The molecule has 0 fully saturated rings. The summed E-state index contributed by atoms with van der Waals surface area (Å²) in [6, 6.07) is 19.0. The van der Waals surface area contributed by atoms with E-state index in [0.717, 1.165) is 18.7 Å². The number of anilines is 1. The SMILES string of the molecule is N#CC(=CN1CCc2ccccc21)C(=O)c1ccccc1. The van der Waals surface area contributed by atoms with Crippen molar-refractivity contribution in [1.82, 2.24) is 0 Å². The van der Waals surface area contributed by atoms with Crippen molar-refractivity contribution in [2.45, 2.75) is 6.42 Å². The average molecular weight is 274 g/mol. The summed E-state index contributed by atoms with van der Waals surface area (Å²) in [4.78, 5) is 14.3. The van der Waals surface area contributed by atoms with E-state index in [4.69, 9.17) is 0 Å². The molecule has 0 aliphatic carbocycles. The van der Waals surface area contributed by atoms with Crippen molar-refractivity contribution in [2.75, 3.05) is 11.4 Å². The van der Waals surface area contributed by atoms with E-state index < -0.39 is 0 Å². The van der Waals surface area contributed by atoms with Gasteiger partial charge in [0.15, 0.2) is 0 Å². The standard InChI is InChI=1S/C18H14N2O/c19-12-16(18(21)15-7-2-1-3-8-15)13-20-11-10-14-6-4-5-9-17(14)20/h1-9,13H,10-11H2. The highest BCUT2D eigenvalue weighted by Crippen LogP contribution is 2.28. The maximum absolute atomic E-state index is 12.4. The molecule has 0 saturated heterocycles. The number of carbonyl (C=O) groups is 1. The lowest BCUT2D eigenvalue weighted by Crippen LogP contribution is -2.15. The zero-order chi connectivity index (χ0) is 14.7. The number of Topliss-reactive ketones (excluding diaryl/α,β-unsaturated/α-hetero) is 1. The second kappa shape index (κ2) is 5.64. The molecular weight excluding hydrogens is 260 g/mol. The van der Waals surface area contributed by atoms with E-state index in [1.54, 1.807) is 30.5 Å². The lowest BCUT2D eigenvalue weighted by atomic mass is 10.1. The van der Waals surface area contributed by atoms with Crippen LogP contribution in [0.3, 0.4) is 0 Å². The second-order valence-corrected chi connectivity index (χ2v) is 4.92. The highest BCUT2D eigenvalue weighted by Gasteiger charge is 2.19. The molecule has 0 radical (unpaired) electrons. The number of nitriles is 1. The van der Waals surface area contributed by atoms with Crippen molar-refractivity contribution < 1.29 is 4.79 Å². The lowest BCUT2D eigenvalue weighted by molar-refractivity contribution is 0.103. The van der Waals surface area contributed by atoms with E-state index in [9.17, 15) is 10.1 Å². The summed E-state index contributed by atoms with van der Waals surface area (Å²) < 4.78 is 0. The molecule has 2 aromatic rings. The van der Waals surface area contributed by atoms with E-state index in [-0.39, 0.29) is 11.4 Å². The van der Waals surface area contributed by atoms with Crippen molar-refractivity contribution in [2.24, 2.45) is 0 Å². The van der Waals surface area contributed by atoms with Gasteiger partial charge in [-0.2, -0.15) is 5.26 Å². The molecule has 0 saturated carbocycles. The summed E-state index contributed by atoms with van der Waals surface area (Å²) in [6.45, 7) is 0.798. The molecule has 2 aromatic carbocycles. The summed E-state index contributed by atoms with van der Waals surface area (Å²) in [5.74, 6) is -0.234. The highest BCUT2D eigenvalue weighted by atomic mass is 16.1. The Morgan fingerprint density at radius 3 is 2.57 bits per heavy atom. The number of hydrogen-bond donors (Lipinski definition) is 0. The van der Waals surface area contributed by atoms with Crippen molar-refractivity contribution in [3.05, 3.63) is 77.5 Å². The Balaban J connectivity index is 1.92. The van der Waals surface area contributed by atoms with Crippen LogP contribution in [-0.4, -0.2) is 12.3 Å². The molecule has 0 amide bonds. The van der Waals surface area contributed by atoms with E-state index >= 15 is 0 Å². The number of nitrogens with zero attached hydrogens (tertiary/aromatic N) is 2. The van der Waals surface area contributed by atoms with Crippen LogP contribution in [0.4, 0.5) is 5.69 Å². The minimum absolute atomic E-state index is 0.165. The van der Waals surface area contributed by atoms with Crippen LogP contribution in [0.25, 0.3) is 0 Å². The van der Waals surface area contributed by atoms with Gasteiger partial charge in [0.25, 0.3) is 0 Å². The zero-order valence-corrected chi connectivity index (χ0v) is 11.5. The van der Waals surface area contributed by atoms with Gasteiger partial charge in [-0.25, -0.2) is 0 Å². The molecule has 3 rings (SSSR count). The first-order chi connectivity index (χ1) is 10.3. The predicted molar refractivity (Wildman–Crippen MR) is 82.0 cm³/mol. The molecule has 0 unspecified atom stereocenters. The third-order valence-electron chi connectivity index (χ3n) is 3.61. The van der Waals surface area contributed by atoms with E-state index in [0.29, 0.717) is 5.56 Å². The molecule has 21 heavy (non-hydrogen) atoms. The first-order valence-electron chi connectivity index (χ1n) is 6.86. The normalized spacial score (nSPS) is 13.7. The van der Waals surface area contributed by atoms with E-state index in [2.05, 4.69) is 6.07 Å². The summed E-state index contributed by atoms with van der Waals surface area (Å²) in [5.41, 5.74) is 3.03. The minimum Gasteiger partial charge on any atom is -0.346 e. The van der Waals surface area contributed by atoms with Gasteiger partial charge in [0.2, 0.25) is 5.78 Å². The van der Waals surface area contributed by atoms with Gasteiger partial charge in [0.05, 0.1) is 0 Å². The summed E-state index contributed by atoms with van der Waals surface area (Å²) in [6.07, 6.45) is 2.60. The Bertz CT molecular complexity index is 741. The Kier molecular flexibility index (Phi) is 3.53. The molecule has 1 aliphatic heterocycles. The minimum atomic E-state index is -0.234. The number of fused-ring (bicyclic) bond motifs is 1. The number of para-hydroxylation sites is 1. The van der Waals surface area contributed by atoms with Gasteiger partial charge in [-0.1, -0.05) is 48.5 Å². The predicted octanol–water partition coefficient (Wildman–Crippen LogP) is 3.34. The molecule has 3 heteroatoms. The van der Waals surface area contributed by atoms with Gasteiger partial charge in [-0.15, -0.1) is 0 Å². The number of carbonyl (C=O) groups excluding carboxylic acids is 1. The van der Waals surface area contributed by atoms with E-state index in [1.807, 2.05) is 35.2 Å². The van der Waals surface area contributed by atoms with Crippen LogP contribution in [0.15, 0.2) is 66.4 Å². The molecule has 0 spiro atoms. The molecule has 1 heterocycles. The number of hydrogen-bond acceptors (Lipinski definition) is 3. The molecule has 0 aromatic heterocycles. The van der Waals surface area contributed by atoms with Crippen molar-refractivity contribution in [1.29, 1.82) is 5.26 Å². The van der Waals surface area contributed by atoms with Crippen LogP contribution >= 0.6 is 0 Å². The van der Waals surface area contributed by atoms with Crippen LogP contribution in [0.2, 0.25) is 0 Å². The molecular formula is C18H14N2O. The fourth-order valence-electron chi connectivity index (χ4n) is 2.54. The Morgan fingerprint density at radius 1 is 1.10 bits per heavy atom. The largest absolute Gasteiger partial charge is 0.346 e. The van der Waals surface area contributed by atoms with Gasteiger partial charge in [-0.3, -0.25) is 4.79 Å². The van der Waals surface area contributed by atoms with Crippen LogP contribution < -0.4 is 4.90 Å². The zero-order valence-electron chi connectivity index (χ0n) is 11.5. The molecule has 102 valence electrons. The fourth-order valence-corrected chi connectivity index (χ4v) is 2.54. The maximum Gasteiger partial charge on any atom is 0.205 e. The molecule has 3 nitrogen and oxygen atoms in total. The van der Waals surface area contributed by atoms with Crippen LogP contribution in [0, 0.1) is 11.3 Å². The Morgan fingerprint density at radius 2 is 1.81 bits per heavy atom. The quantitative estimate of drug-likeness (QED) is 0.490. The van der Waals surface area contributed by atoms with Crippen LogP contribution in [0.5, 0.6) is 0 Å². The van der Waals surface area contributed by atoms with Crippen LogP contribution in [0.1, 0.15) is 15.9 Å². The summed E-state index contributed by atoms with van der Waals surface area (Å²) in [7, 11) is 0. The molecule has 1 aliphatic rings. The Hall–Kier alpha value is -2.86. The number of benzene rings is 2. The topological polar surface area (TPSA) is 44.1 Å². The lowest BCUT2D eigenvalue weighted by Gasteiger charge is -2.14. The summed E-state index contributed by atoms with van der Waals surface area (Å²) >= 11 is 0. The Labute approximate surface area is 123 Å². The molecule has 0 N–H and O–H groups in total. The third-order valence-corrected chi connectivity index (χ3v) is 3.61. The molecule has 0 atom stereocenters. The van der Waals surface area contributed by atoms with Gasteiger partial charge in [0, 0.05) is 24.0 Å². The van der Waals surface area contributed by atoms with Gasteiger partial charge in [-0.05, 0) is 18.1 Å². The highest BCUT2D eigenvalue weighted by molar-refractivity contribution is 6.11. The summed E-state index contributed by atoms with van der Waals surface area (Å²) in [5, 5.41) is 9.30. The van der Waals surface area contributed by atoms with Gasteiger partial charge >= 0.3 is 0 Å². The van der Waals surface area contributed by atoms with Gasteiger partial charge in [0.1, 0.15) is 11.6 Å². The van der Waals surface area contributed by atoms with E-state index in [1.165, 1.54) is 5.56 Å². The monoisotopic (exact) mass is 274 g/mol. The smallest absolute Gasteiger partial charge is 0.205 e. The van der Waals surface area contributed by atoms with Crippen molar-refractivity contribution in [3.63, 3.8) is 0 Å². The molecule has 0 bridgehead atoms. The number of rotatable bonds is 3. The second-order valence-electron chi connectivity index (χ2n) is 4.92. The third kappa shape index (κ3) is 2.56. The maximum atomic E-state index is 12.4. The fraction of sp³-hybridized carbons (Fsp3) is 0.111. The first kappa shape index (κ1) is 13.1. The first-order valence-corrected chi connectivity index (χ1v) is 6.86. The number of allylic oxidation sites excluding steroid dienone is 1. The van der Waals surface area contributed by atoms with Gasteiger partial charge < -0.3 is 4.90 Å².